The molecule has 284 valence electrons. The van der Waals surface area contributed by atoms with Gasteiger partial charge in [0.1, 0.15) is 5.75 Å². The maximum Gasteiger partial charge on any atom is 0.261 e. The Hall–Kier alpha value is -5.34. The summed E-state index contributed by atoms with van der Waals surface area (Å²) in [6.45, 7) is 7.57. The van der Waals surface area contributed by atoms with Gasteiger partial charge in [-0.15, -0.1) is 0 Å². The highest BCUT2D eigenvalue weighted by molar-refractivity contribution is 6.99. The molecular formula is C49H49NO5Si. The Labute approximate surface area is 331 Å². The number of rotatable bonds is 11. The van der Waals surface area contributed by atoms with Crippen molar-refractivity contribution in [3.8, 4) is 5.75 Å². The van der Waals surface area contributed by atoms with E-state index in [1.54, 1.807) is 12.1 Å². The van der Waals surface area contributed by atoms with Gasteiger partial charge in [-0.25, -0.2) is 0 Å². The normalized spacial score (nSPS) is 21.3. The molecule has 5 aromatic carbocycles. The molecule has 7 heteroatoms. The number of ether oxygens (including phenoxy) is 1. The van der Waals surface area contributed by atoms with Crippen molar-refractivity contribution >= 4 is 47.8 Å². The number of para-hydroxylation sites is 1. The molecule has 56 heavy (non-hydrogen) atoms. The summed E-state index contributed by atoms with van der Waals surface area (Å²) in [4.78, 5) is 30.1. The summed E-state index contributed by atoms with van der Waals surface area (Å²) in [5, 5.41) is 12.1. The van der Waals surface area contributed by atoms with Gasteiger partial charge in [-0.2, -0.15) is 0 Å². The minimum Gasteiger partial charge on any atom is -0.508 e. The lowest BCUT2D eigenvalue weighted by Gasteiger charge is -2.44. The van der Waals surface area contributed by atoms with Crippen LogP contribution in [-0.2, 0) is 18.8 Å². The van der Waals surface area contributed by atoms with E-state index >= 15 is 0 Å². The third-order valence-corrected chi connectivity index (χ3v) is 16.9. The third-order valence-electron chi connectivity index (χ3n) is 12.0. The molecule has 0 bridgehead atoms. The number of hydrogen-bond acceptors (Lipinski definition) is 5. The summed E-state index contributed by atoms with van der Waals surface area (Å²) in [6.07, 6.45) is 3.83. The number of nitrogens with zero attached hydrogens (tertiary/aromatic N) is 1. The van der Waals surface area contributed by atoms with E-state index in [1.807, 2.05) is 72.8 Å². The summed E-state index contributed by atoms with van der Waals surface area (Å²) >= 11 is 0. The van der Waals surface area contributed by atoms with Gasteiger partial charge < -0.3 is 14.3 Å². The molecule has 4 atom stereocenters. The molecule has 5 aromatic rings. The van der Waals surface area contributed by atoms with Gasteiger partial charge in [0, 0.05) is 5.92 Å². The SMILES string of the molecule is CC(C)(C)[Si](OCC1=C2[C@@H](CC/C(=C/c3ccc(O)cc3)c3ccccc3)OC[C@@H]2[C@@H]2C(=O)N(c3ccccc3)C(=O)[C@@H]2C1)(c1ccccc1)c1ccccc1. The highest BCUT2D eigenvalue weighted by Gasteiger charge is 2.58. The Kier molecular flexibility index (Phi) is 10.5. The first-order valence-electron chi connectivity index (χ1n) is 19.7. The van der Waals surface area contributed by atoms with E-state index in [0.717, 1.165) is 34.3 Å². The van der Waals surface area contributed by atoms with Gasteiger partial charge in [0.2, 0.25) is 11.8 Å². The van der Waals surface area contributed by atoms with Crippen molar-refractivity contribution in [2.45, 2.75) is 51.2 Å². The number of anilines is 1. The number of aromatic hydroxyl groups is 1. The molecule has 0 spiro atoms. The maximum atomic E-state index is 14.4. The predicted molar refractivity (Wildman–Crippen MR) is 226 cm³/mol. The van der Waals surface area contributed by atoms with Crippen LogP contribution in [0.1, 0.15) is 51.2 Å². The summed E-state index contributed by atoms with van der Waals surface area (Å²) in [5.41, 5.74) is 6.13. The summed E-state index contributed by atoms with van der Waals surface area (Å²) in [5.74, 6) is -1.23. The zero-order valence-electron chi connectivity index (χ0n) is 32.3. The van der Waals surface area contributed by atoms with E-state index in [0.29, 0.717) is 31.7 Å². The first-order valence-corrected chi connectivity index (χ1v) is 21.6. The van der Waals surface area contributed by atoms with Crippen LogP contribution in [0.15, 0.2) is 157 Å². The van der Waals surface area contributed by atoms with E-state index in [-0.39, 0.29) is 34.6 Å². The highest BCUT2D eigenvalue weighted by atomic mass is 28.4. The van der Waals surface area contributed by atoms with Gasteiger partial charge in [-0.05, 0) is 86.8 Å². The lowest BCUT2D eigenvalue weighted by atomic mass is 9.69. The van der Waals surface area contributed by atoms with Crippen molar-refractivity contribution in [2.24, 2.45) is 17.8 Å². The number of amides is 2. The van der Waals surface area contributed by atoms with Gasteiger partial charge in [-0.3, -0.25) is 14.5 Å². The molecule has 2 amide bonds. The first-order chi connectivity index (χ1) is 27.2. The van der Waals surface area contributed by atoms with Crippen molar-refractivity contribution in [1.29, 1.82) is 0 Å². The fourth-order valence-corrected chi connectivity index (χ4v) is 14.0. The molecule has 0 unspecified atom stereocenters. The number of carbonyl (C=O) groups is 2. The molecule has 0 radical (unpaired) electrons. The van der Waals surface area contributed by atoms with Crippen LogP contribution in [-0.4, -0.2) is 44.6 Å². The molecule has 0 saturated carbocycles. The second kappa shape index (κ2) is 15.7. The summed E-state index contributed by atoms with van der Waals surface area (Å²) in [6, 6.07) is 48.2. The zero-order valence-corrected chi connectivity index (χ0v) is 33.3. The van der Waals surface area contributed by atoms with Gasteiger partial charge in [0.25, 0.3) is 8.32 Å². The number of carbonyl (C=O) groups excluding carboxylic acids is 2. The smallest absolute Gasteiger partial charge is 0.261 e. The lowest BCUT2D eigenvalue weighted by molar-refractivity contribution is -0.122. The largest absolute Gasteiger partial charge is 0.508 e. The first kappa shape index (κ1) is 37.6. The van der Waals surface area contributed by atoms with Crippen LogP contribution in [0.2, 0.25) is 5.04 Å². The van der Waals surface area contributed by atoms with E-state index in [4.69, 9.17) is 9.16 Å². The van der Waals surface area contributed by atoms with Crippen molar-refractivity contribution in [3.05, 3.63) is 168 Å². The zero-order chi connectivity index (χ0) is 38.9. The van der Waals surface area contributed by atoms with Crippen molar-refractivity contribution in [2.75, 3.05) is 18.1 Å². The van der Waals surface area contributed by atoms with Crippen molar-refractivity contribution < 1.29 is 23.9 Å². The van der Waals surface area contributed by atoms with Crippen LogP contribution < -0.4 is 15.3 Å². The van der Waals surface area contributed by atoms with Gasteiger partial charge >= 0.3 is 0 Å². The Morgan fingerprint density at radius 1 is 0.768 bits per heavy atom. The molecule has 2 saturated heterocycles. The minimum absolute atomic E-state index is 0.137. The predicted octanol–water partition coefficient (Wildman–Crippen LogP) is 8.81. The quantitative estimate of drug-likeness (QED) is 0.0631. The number of hydrogen-bond donors (Lipinski definition) is 1. The van der Waals surface area contributed by atoms with Crippen LogP contribution in [0.25, 0.3) is 11.6 Å². The molecule has 8 rings (SSSR count). The van der Waals surface area contributed by atoms with Crippen LogP contribution >= 0.6 is 0 Å². The molecule has 0 aromatic heterocycles. The summed E-state index contributed by atoms with van der Waals surface area (Å²) < 4.78 is 14.3. The monoisotopic (exact) mass is 759 g/mol. The van der Waals surface area contributed by atoms with E-state index < -0.39 is 20.2 Å². The molecule has 1 N–H and O–H groups in total. The topological polar surface area (TPSA) is 76.1 Å². The van der Waals surface area contributed by atoms with E-state index in [1.165, 1.54) is 15.3 Å². The average molecular weight is 760 g/mol. The molecule has 2 heterocycles. The Morgan fingerprint density at radius 3 is 1.93 bits per heavy atom. The number of fused-ring (bicyclic) bond motifs is 3. The average Bonchev–Trinajstić information content (AvgIpc) is 3.75. The number of allylic oxidation sites excluding steroid dienone is 1. The van der Waals surface area contributed by atoms with Gasteiger partial charge in [-0.1, -0.05) is 148 Å². The van der Waals surface area contributed by atoms with Crippen LogP contribution in [0, 0.1) is 17.8 Å². The fourth-order valence-electron chi connectivity index (χ4n) is 9.40. The molecule has 2 aliphatic heterocycles. The standard InChI is InChI=1S/C49H49NO5Si/c1-49(2,3)56(40-20-12-6-13-21-40,41-22-14-7-15-23-41)55-32-37-31-42-46(48(53)50(47(42)52)38-18-10-5-11-19-38)43-33-54-44(45(37)43)29-26-36(35-16-8-4-9-17-35)30-34-24-27-39(51)28-25-34/h4-25,27-28,30,42-44,46,51H,26,29,31-33H2,1-3H3/b36-30-/t42-,43+,44-,46-/m1/s1. The Morgan fingerprint density at radius 2 is 1.34 bits per heavy atom. The highest BCUT2D eigenvalue weighted by Crippen LogP contribution is 2.51. The van der Waals surface area contributed by atoms with Crippen LogP contribution in [0.3, 0.4) is 0 Å². The summed E-state index contributed by atoms with van der Waals surface area (Å²) in [7, 11) is -2.92. The van der Waals surface area contributed by atoms with E-state index in [9.17, 15) is 14.7 Å². The molecular weight excluding hydrogens is 711 g/mol. The molecule has 1 aliphatic carbocycles. The maximum absolute atomic E-state index is 14.4. The minimum atomic E-state index is -2.92. The van der Waals surface area contributed by atoms with Crippen molar-refractivity contribution in [1.82, 2.24) is 0 Å². The van der Waals surface area contributed by atoms with Crippen LogP contribution in [0.4, 0.5) is 5.69 Å². The second-order valence-electron chi connectivity index (χ2n) is 16.3. The number of imide groups is 1. The van der Waals surface area contributed by atoms with Gasteiger partial charge in [0.05, 0.1) is 36.8 Å². The molecule has 3 aliphatic rings. The lowest BCUT2D eigenvalue weighted by Crippen LogP contribution is -2.66. The molecule has 6 nitrogen and oxygen atoms in total. The Balaban J connectivity index is 1.19. The third kappa shape index (κ3) is 7.00. The number of phenols is 1. The second-order valence-corrected chi connectivity index (χ2v) is 20.6. The van der Waals surface area contributed by atoms with Crippen LogP contribution in [0.5, 0.6) is 5.75 Å². The van der Waals surface area contributed by atoms with Crippen molar-refractivity contribution in [3.63, 3.8) is 0 Å². The van der Waals surface area contributed by atoms with Gasteiger partial charge in [0.15, 0.2) is 0 Å². The fraction of sp³-hybridized carbons (Fsp3) is 0.265. The number of phenolic OH excluding ortho intramolecular Hbond substituents is 1. The molecule has 2 fully saturated rings. The Bertz CT molecular complexity index is 2190. The van der Waals surface area contributed by atoms with E-state index in [2.05, 4.69) is 87.5 Å². The number of benzene rings is 5.